The van der Waals surface area contributed by atoms with Crippen molar-refractivity contribution in [2.75, 3.05) is 6.61 Å². The van der Waals surface area contributed by atoms with Crippen LogP contribution in [0.3, 0.4) is 0 Å². The molecule has 3 nitrogen and oxygen atoms in total. The summed E-state index contributed by atoms with van der Waals surface area (Å²) >= 11 is 0. The Kier molecular flexibility index (Phi) is 3.81. The van der Waals surface area contributed by atoms with Gasteiger partial charge in [0.1, 0.15) is 11.3 Å². The summed E-state index contributed by atoms with van der Waals surface area (Å²) in [6.45, 7) is 2.50. The predicted octanol–water partition coefficient (Wildman–Crippen LogP) is 3.64. The molecule has 0 aromatic heterocycles. The second-order valence-corrected chi connectivity index (χ2v) is 5.94. The summed E-state index contributed by atoms with van der Waals surface area (Å²) in [5, 5.41) is 15.1. The molecule has 3 heteroatoms. The number of nitrogens with one attached hydrogen (secondary N) is 1. The van der Waals surface area contributed by atoms with Crippen LogP contribution < -0.4 is 10.1 Å². The van der Waals surface area contributed by atoms with Crippen LogP contribution in [0.5, 0.6) is 5.75 Å². The zero-order valence-corrected chi connectivity index (χ0v) is 12.3. The van der Waals surface area contributed by atoms with Gasteiger partial charge >= 0.3 is 0 Å². The Morgan fingerprint density at radius 3 is 2.76 bits per heavy atom. The van der Waals surface area contributed by atoms with Crippen molar-refractivity contribution in [1.29, 1.82) is 5.26 Å². The maximum Gasteiger partial charge on any atom is 0.127 e. The molecule has 0 amide bonds. The number of benzene rings is 2. The number of nitrogens with zero attached hydrogens (tertiary/aromatic N) is 1. The van der Waals surface area contributed by atoms with Crippen LogP contribution in [0, 0.1) is 11.3 Å². The van der Waals surface area contributed by atoms with E-state index in [0.717, 1.165) is 11.1 Å². The second-order valence-electron chi connectivity index (χ2n) is 5.94. The van der Waals surface area contributed by atoms with E-state index in [1.54, 1.807) is 0 Å². The van der Waals surface area contributed by atoms with Crippen LogP contribution in [0.15, 0.2) is 42.5 Å². The molecule has 2 aromatic rings. The van der Waals surface area contributed by atoms with Crippen molar-refractivity contribution in [2.45, 2.75) is 37.8 Å². The van der Waals surface area contributed by atoms with Gasteiger partial charge in [0.05, 0.1) is 12.7 Å². The van der Waals surface area contributed by atoms with E-state index in [9.17, 15) is 5.26 Å². The molecule has 0 saturated heterocycles. The van der Waals surface area contributed by atoms with Crippen molar-refractivity contribution in [3.05, 3.63) is 42.5 Å². The summed E-state index contributed by atoms with van der Waals surface area (Å²) in [5.41, 5.74) is -0.494. The van der Waals surface area contributed by atoms with Crippen molar-refractivity contribution in [3.63, 3.8) is 0 Å². The molecule has 1 fully saturated rings. The van der Waals surface area contributed by atoms with Crippen molar-refractivity contribution in [2.24, 2.45) is 0 Å². The molecular formula is C18H20N2O. The summed E-state index contributed by atoms with van der Waals surface area (Å²) in [4.78, 5) is 0. The van der Waals surface area contributed by atoms with Gasteiger partial charge in [0, 0.05) is 17.8 Å². The zero-order valence-electron chi connectivity index (χ0n) is 12.3. The van der Waals surface area contributed by atoms with Gasteiger partial charge in [-0.05, 0) is 31.2 Å². The molecular weight excluding hydrogens is 260 g/mol. The first kappa shape index (κ1) is 13.9. The molecule has 0 heterocycles. The van der Waals surface area contributed by atoms with Crippen LogP contribution in [0.2, 0.25) is 0 Å². The summed E-state index contributed by atoms with van der Waals surface area (Å²) in [5.74, 6) is 0.889. The number of rotatable bonds is 6. The standard InChI is InChI=1S/C18H20N2O/c1-18(13-19,20-15-9-10-15)11-12-21-17-8-4-6-14-5-2-3-7-16(14)17/h2-8,15,20H,9-12H2,1H3. The van der Waals surface area contributed by atoms with E-state index in [1.165, 1.54) is 18.2 Å². The highest BCUT2D eigenvalue weighted by Crippen LogP contribution is 2.27. The fourth-order valence-electron chi connectivity index (χ4n) is 2.53. The average molecular weight is 280 g/mol. The van der Waals surface area contributed by atoms with Gasteiger partial charge in [0.2, 0.25) is 0 Å². The van der Waals surface area contributed by atoms with Crippen molar-refractivity contribution in [1.82, 2.24) is 5.32 Å². The third-order valence-electron chi connectivity index (χ3n) is 3.96. The summed E-state index contributed by atoms with van der Waals surface area (Å²) in [6, 6.07) is 17.2. The number of nitriles is 1. The zero-order chi connectivity index (χ0) is 14.7. The van der Waals surface area contributed by atoms with E-state index in [4.69, 9.17) is 4.74 Å². The fourth-order valence-corrected chi connectivity index (χ4v) is 2.53. The predicted molar refractivity (Wildman–Crippen MR) is 84.2 cm³/mol. The van der Waals surface area contributed by atoms with E-state index < -0.39 is 5.54 Å². The van der Waals surface area contributed by atoms with Gasteiger partial charge in [-0.3, -0.25) is 5.32 Å². The van der Waals surface area contributed by atoms with Crippen molar-refractivity contribution in [3.8, 4) is 11.8 Å². The van der Waals surface area contributed by atoms with Crippen LogP contribution in [-0.4, -0.2) is 18.2 Å². The molecule has 0 bridgehead atoms. The highest BCUT2D eigenvalue weighted by molar-refractivity contribution is 5.88. The smallest absolute Gasteiger partial charge is 0.127 e. The Morgan fingerprint density at radius 2 is 2.00 bits per heavy atom. The third-order valence-corrected chi connectivity index (χ3v) is 3.96. The second kappa shape index (κ2) is 5.75. The lowest BCUT2D eigenvalue weighted by molar-refractivity contribution is 0.268. The molecule has 1 aliphatic carbocycles. The molecule has 0 aliphatic heterocycles. The molecule has 108 valence electrons. The lowest BCUT2D eigenvalue weighted by atomic mass is 10.0. The molecule has 0 radical (unpaired) electrons. The number of hydrogen-bond acceptors (Lipinski definition) is 3. The topological polar surface area (TPSA) is 45.0 Å². The minimum Gasteiger partial charge on any atom is -0.493 e. The first-order chi connectivity index (χ1) is 10.2. The lowest BCUT2D eigenvalue weighted by Crippen LogP contribution is -2.43. The van der Waals surface area contributed by atoms with Gasteiger partial charge in [-0.2, -0.15) is 5.26 Å². The SMILES string of the molecule is CC(C#N)(CCOc1cccc2ccccc12)NC1CC1. The van der Waals surface area contributed by atoms with Gasteiger partial charge in [-0.1, -0.05) is 36.4 Å². The highest BCUT2D eigenvalue weighted by Gasteiger charge is 2.32. The Balaban J connectivity index is 1.65. The molecule has 21 heavy (non-hydrogen) atoms. The van der Waals surface area contributed by atoms with Crippen LogP contribution in [-0.2, 0) is 0 Å². The maximum atomic E-state index is 9.36. The first-order valence-electron chi connectivity index (χ1n) is 7.50. The van der Waals surface area contributed by atoms with E-state index in [1.807, 2.05) is 31.2 Å². The Bertz CT molecular complexity index is 667. The van der Waals surface area contributed by atoms with Crippen LogP contribution in [0.1, 0.15) is 26.2 Å². The minimum atomic E-state index is -0.494. The van der Waals surface area contributed by atoms with Crippen LogP contribution in [0.4, 0.5) is 0 Å². The van der Waals surface area contributed by atoms with E-state index >= 15 is 0 Å². The van der Waals surface area contributed by atoms with E-state index in [0.29, 0.717) is 19.1 Å². The maximum absolute atomic E-state index is 9.36. The molecule has 0 spiro atoms. The number of hydrogen-bond donors (Lipinski definition) is 1. The van der Waals surface area contributed by atoms with Gasteiger partial charge < -0.3 is 4.74 Å². The average Bonchev–Trinajstić information content (AvgIpc) is 3.31. The largest absolute Gasteiger partial charge is 0.493 e. The quantitative estimate of drug-likeness (QED) is 0.878. The number of ether oxygens (including phenoxy) is 1. The minimum absolute atomic E-state index is 0.494. The number of fused-ring (bicyclic) bond motifs is 1. The Morgan fingerprint density at radius 1 is 1.24 bits per heavy atom. The lowest BCUT2D eigenvalue weighted by Gasteiger charge is -2.23. The molecule has 1 saturated carbocycles. The van der Waals surface area contributed by atoms with Gasteiger partial charge in [-0.25, -0.2) is 0 Å². The molecule has 1 atom stereocenters. The summed E-state index contributed by atoms with van der Waals surface area (Å²) < 4.78 is 5.93. The molecule has 3 rings (SSSR count). The molecule has 1 aliphatic rings. The summed E-state index contributed by atoms with van der Waals surface area (Å²) in [6.07, 6.45) is 3.05. The van der Waals surface area contributed by atoms with Crippen molar-refractivity contribution >= 4 is 10.8 Å². The first-order valence-corrected chi connectivity index (χ1v) is 7.50. The van der Waals surface area contributed by atoms with Crippen LogP contribution >= 0.6 is 0 Å². The van der Waals surface area contributed by atoms with Crippen LogP contribution in [0.25, 0.3) is 10.8 Å². The normalized spacial score (nSPS) is 17.1. The highest BCUT2D eigenvalue weighted by atomic mass is 16.5. The van der Waals surface area contributed by atoms with E-state index in [-0.39, 0.29) is 0 Å². The molecule has 1 N–H and O–H groups in total. The third kappa shape index (κ3) is 3.34. The van der Waals surface area contributed by atoms with Gasteiger partial charge in [0.25, 0.3) is 0 Å². The fraction of sp³-hybridized carbons (Fsp3) is 0.389. The molecule has 2 aromatic carbocycles. The summed E-state index contributed by atoms with van der Waals surface area (Å²) in [7, 11) is 0. The van der Waals surface area contributed by atoms with Gasteiger partial charge in [0.15, 0.2) is 0 Å². The van der Waals surface area contributed by atoms with E-state index in [2.05, 4.69) is 29.6 Å². The molecule has 1 unspecified atom stereocenters. The Labute approximate surface area is 125 Å². The Hall–Kier alpha value is -2.05. The van der Waals surface area contributed by atoms with Gasteiger partial charge in [-0.15, -0.1) is 0 Å². The monoisotopic (exact) mass is 280 g/mol. The van der Waals surface area contributed by atoms with Crippen molar-refractivity contribution < 1.29 is 4.74 Å².